The molecule has 0 saturated heterocycles. The highest BCUT2D eigenvalue weighted by Crippen LogP contribution is 2.56. The number of hydrogen-bond donors (Lipinski definition) is 0. The van der Waals surface area contributed by atoms with E-state index in [2.05, 4.69) is 229 Å². The van der Waals surface area contributed by atoms with Gasteiger partial charge in [0.25, 0.3) is 6.71 Å². The number of fused-ring (bicyclic) bond motifs is 14. The van der Waals surface area contributed by atoms with E-state index in [9.17, 15) is 0 Å². The van der Waals surface area contributed by atoms with Crippen LogP contribution in [-0.2, 0) is 16.2 Å². The van der Waals surface area contributed by atoms with E-state index in [-0.39, 0.29) is 23.0 Å². The molecule has 0 unspecified atom stereocenters. The Bertz CT molecular complexity index is 4050. The van der Waals surface area contributed by atoms with E-state index in [0.29, 0.717) is 0 Å². The number of benzene rings is 8. The molecule has 3 aromatic heterocycles. The van der Waals surface area contributed by atoms with Crippen LogP contribution in [0.15, 0.2) is 150 Å². The molecular weight excluding hydrogens is 858 g/mol. The summed E-state index contributed by atoms with van der Waals surface area (Å²) in [7, 11) is 0. The minimum Gasteiger partial charge on any atom is -0.468 e. The first kappa shape index (κ1) is 41.0. The molecule has 0 aliphatic carbocycles. The third kappa shape index (κ3) is 5.64. The van der Waals surface area contributed by atoms with Crippen LogP contribution >= 0.6 is 11.3 Å². The van der Waals surface area contributed by atoms with E-state index in [1.165, 1.54) is 120 Å². The van der Waals surface area contributed by atoms with E-state index in [4.69, 9.17) is 4.42 Å². The molecule has 3 aliphatic heterocycles. The molecule has 0 bridgehead atoms. The van der Waals surface area contributed by atoms with E-state index in [0.717, 1.165) is 22.3 Å². The van der Waals surface area contributed by atoms with Gasteiger partial charge in [0.15, 0.2) is 0 Å². The number of rotatable bonds is 2. The number of aryl methyl sites for hydroxylation is 1. The SMILES string of the molecule is Cc1cc2c3c(c1)N1c4c(cc(C(C)(C)C)cc4-n4c5ccc(C(C)(C)C)cc5c5cc(C(C)(C)C)cc1c54)B3c1oc3ccc(-c4ccccc4)cc3c1N2c1cccc2sc3ccccc3c12. The summed E-state index contributed by atoms with van der Waals surface area (Å²) in [5, 5.41) is 6.29. The first-order valence-corrected chi connectivity index (χ1v) is 25.4. The maximum Gasteiger partial charge on any atom is 0.297 e. The van der Waals surface area contributed by atoms with Gasteiger partial charge in [-0.15, -0.1) is 11.3 Å². The molecule has 0 fully saturated rings. The lowest BCUT2D eigenvalue weighted by molar-refractivity contribution is 0.590. The van der Waals surface area contributed by atoms with Crippen molar-refractivity contribution < 1.29 is 4.42 Å². The largest absolute Gasteiger partial charge is 0.468 e. The lowest BCUT2D eigenvalue weighted by Crippen LogP contribution is -2.61. The predicted octanol–water partition coefficient (Wildman–Crippen LogP) is 16.2. The first-order chi connectivity index (χ1) is 33.0. The van der Waals surface area contributed by atoms with Crippen LogP contribution in [0, 0.1) is 6.92 Å². The van der Waals surface area contributed by atoms with E-state index in [1.807, 2.05) is 11.3 Å². The molecule has 0 atom stereocenters. The average molecular weight is 912 g/mol. The zero-order valence-electron chi connectivity index (χ0n) is 41.1. The fourth-order valence-corrected chi connectivity index (χ4v) is 13.2. The van der Waals surface area contributed by atoms with Crippen molar-refractivity contribution in [2.75, 3.05) is 9.80 Å². The molecule has 14 rings (SSSR count). The molecule has 0 amide bonds. The van der Waals surface area contributed by atoms with Gasteiger partial charge in [0.05, 0.1) is 45.1 Å². The molecule has 0 saturated carbocycles. The van der Waals surface area contributed by atoms with Crippen LogP contribution in [0.4, 0.5) is 34.1 Å². The molecular formula is C63H54BN3OS. The highest BCUT2D eigenvalue weighted by atomic mass is 32.1. The van der Waals surface area contributed by atoms with Crippen molar-refractivity contribution in [3.8, 4) is 16.8 Å². The molecule has 0 N–H and O–H groups in total. The summed E-state index contributed by atoms with van der Waals surface area (Å²) in [5.74, 6) is 0. The van der Waals surface area contributed by atoms with Crippen LogP contribution in [0.25, 0.3) is 69.8 Å². The van der Waals surface area contributed by atoms with E-state index in [1.54, 1.807) is 0 Å². The summed E-state index contributed by atoms with van der Waals surface area (Å²) in [5.41, 5.74) is 22.7. The van der Waals surface area contributed by atoms with Gasteiger partial charge in [0.2, 0.25) is 0 Å². The quantitative estimate of drug-likeness (QED) is 0.162. The molecule has 11 aromatic rings. The molecule has 336 valence electrons. The fourth-order valence-electron chi connectivity index (χ4n) is 12.0. The van der Waals surface area contributed by atoms with Gasteiger partial charge in [-0.2, -0.15) is 0 Å². The summed E-state index contributed by atoms with van der Waals surface area (Å²) in [4.78, 5) is 5.26. The van der Waals surface area contributed by atoms with E-state index >= 15 is 0 Å². The molecule has 6 heterocycles. The Morgan fingerprint density at radius 1 is 0.478 bits per heavy atom. The number of anilines is 6. The molecule has 4 nitrogen and oxygen atoms in total. The minimum atomic E-state index is -0.183. The Kier molecular flexibility index (Phi) is 8.09. The third-order valence-electron chi connectivity index (χ3n) is 15.5. The number of thiophene rings is 1. The molecule has 6 heteroatoms. The van der Waals surface area contributed by atoms with Crippen molar-refractivity contribution in [1.29, 1.82) is 0 Å². The normalized spacial score (nSPS) is 14.1. The first-order valence-electron chi connectivity index (χ1n) is 24.6. The fraction of sp³-hybridized carbons (Fsp3) is 0.206. The standard InChI is InChI=1S/C63H54BN3OS/c1-35-27-48-56-49(28-35)67-50-33-39(62(5,6)7)31-43-42-30-38(61(2,3)4)24-25-46(42)65(57(43)50)51-34-40(63(8,9)10)32-45(59(51)67)64(56)60-58(44-29-37(23-26-52(44)68-60)36-17-12-11-13-18-36)66(48)47-20-16-22-54-55(47)41-19-14-15-21-53(41)69-54/h11-34H,1-10H3. The molecule has 69 heavy (non-hydrogen) atoms. The molecule has 8 aromatic carbocycles. The van der Waals surface area contributed by atoms with Crippen LogP contribution in [0.2, 0.25) is 0 Å². The van der Waals surface area contributed by atoms with Crippen LogP contribution in [0.5, 0.6) is 0 Å². The van der Waals surface area contributed by atoms with Crippen molar-refractivity contribution in [2.45, 2.75) is 85.5 Å². The maximum absolute atomic E-state index is 7.53. The molecule has 0 spiro atoms. The number of nitrogens with zero attached hydrogens (tertiary/aromatic N) is 3. The highest BCUT2D eigenvalue weighted by molar-refractivity contribution is 7.26. The van der Waals surface area contributed by atoms with Crippen LogP contribution in [0.3, 0.4) is 0 Å². The van der Waals surface area contributed by atoms with E-state index < -0.39 is 0 Å². The van der Waals surface area contributed by atoms with Gasteiger partial charge in [-0.05, 0) is 140 Å². The predicted molar refractivity (Wildman–Crippen MR) is 297 cm³/mol. The Balaban J connectivity index is 1.17. The Labute approximate surface area is 408 Å². The van der Waals surface area contributed by atoms with Crippen molar-refractivity contribution in [1.82, 2.24) is 4.57 Å². The van der Waals surface area contributed by atoms with Crippen LogP contribution < -0.4 is 26.4 Å². The Hall–Kier alpha value is -7.02. The van der Waals surface area contributed by atoms with Crippen LogP contribution in [0.1, 0.15) is 84.6 Å². The van der Waals surface area contributed by atoms with Crippen LogP contribution in [-0.4, -0.2) is 11.3 Å². The lowest BCUT2D eigenvalue weighted by Gasteiger charge is -2.45. The van der Waals surface area contributed by atoms with Gasteiger partial charge in [-0.1, -0.05) is 135 Å². The highest BCUT2D eigenvalue weighted by Gasteiger charge is 2.50. The number of aromatic nitrogens is 1. The second-order valence-electron chi connectivity index (χ2n) is 23.1. The van der Waals surface area contributed by atoms with Gasteiger partial charge < -0.3 is 18.8 Å². The minimum absolute atomic E-state index is 0.000300. The van der Waals surface area contributed by atoms with Gasteiger partial charge in [-0.25, -0.2) is 0 Å². The topological polar surface area (TPSA) is 24.6 Å². The summed E-state index contributed by atoms with van der Waals surface area (Å²) in [6, 6.07) is 55.6. The van der Waals surface area contributed by atoms with Gasteiger partial charge in [-0.3, -0.25) is 0 Å². The monoisotopic (exact) mass is 911 g/mol. The average Bonchev–Trinajstić information content (AvgIpc) is 4.00. The third-order valence-corrected chi connectivity index (χ3v) is 16.7. The zero-order valence-corrected chi connectivity index (χ0v) is 41.9. The summed E-state index contributed by atoms with van der Waals surface area (Å²) in [6.07, 6.45) is 0. The summed E-state index contributed by atoms with van der Waals surface area (Å²) < 4.78 is 12.7. The second kappa shape index (κ2) is 13.6. The number of hydrogen-bond acceptors (Lipinski definition) is 4. The van der Waals surface area contributed by atoms with Gasteiger partial charge in [0.1, 0.15) is 5.58 Å². The maximum atomic E-state index is 7.53. The smallest absolute Gasteiger partial charge is 0.297 e. The number of furan rings is 1. The Morgan fingerprint density at radius 2 is 1.14 bits per heavy atom. The van der Waals surface area contributed by atoms with Crippen molar-refractivity contribution in [3.63, 3.8) is 0 Å². The summed E-state index contributed by atoms with van der Waals surface area (Å²) >= 11 is 1.87. The van der Waals surface area contributed by atoms with Gasteiger partial charge >= 0.3 is 0 Å². The van der Waals surface area contributed by atoms with Crippen molar-refractivity contribution in [2.24, 2.45) is 0 Å². The molecule has 3 aliphatic rings. The molecule has 0 radical (unpaired) electrons. The van der Waals surface area contributed by atoms with Crippen molar-refractivity contribution in [3.05, 3.63) is 168 Å². The summed E-state index contributed by atoms with van der Waals surface area (Å²) in [6.45, 7) is 23.3. The van der Waals surface area contributed by atoms with Crippen molar-refractivity contribution >= 4 is 122 Å². The Morgan fingerprint density at radius 3 is 1.90 bits per heavy atom. The zero-order chi connectivity index (χ0) is 47.2. The lowest BCUT2D eigenvalue weighted by atomic mass is 9.35. The second-order valence-corrected chi connectivity index (χ2v) is 24.2. The van der Waals surface area contributed by atoms with Gasteiger partial charge in [0, 0.05) is 47.7 Å².